The smallest absolute Gasteiger partial charge is 0.735 e. The number of carboxylic acid groups (broad SMARTS) is 1. The molecule has 34 heavy (non-hydrogen) atoms. The van der Waals surface area contributed by atoms with Crippen molar-refractivity contribution < 1.29 is 163 Å². The first-order chi connectivity index (χ1) is 14.1. The van der Waals surface area contributed by atoms with Crippen molar-refractivity contribution in [3.05, 3.63) is 11.8 Å². The van der Waals surface area contributed by atoms with E-state index in [0.29, 0.717) is 6.08 Å². The van der Waals surface area contributed by atoms with Gasteiger partial charge in [0.15, 0.2) is 16.6 Å². The number of carboxylic acids is 1. The molecule has 180 valence electrons. The van der Waals surface area contributed by atoms with Gasteiger partial charge in [-0.25, -0.2) is 21.6 Å². The number of aliphatic hydroxyl groups excluding tert-OH is 4. The molecular formula is C12H16NNa3O16S2. The van der Waals surface area contributed by atoms with Gasteiger partial charge in [-0.3, -0.25) is 4.18 Å². The summed E-state index contributed by atoms with van der Waals surface area (Å²) in [4.78, 5) is 10.9. The molecule has 2 rings (SSSR count). The summed E-state index contributed by atoms with van der Waals surface area (Å²) in [5.74, 6) is -2.94. The molecule has 22 heteroatoms. The van der Waals surface area contributed by atoms with Crippen molar-refractivity contribution in [3.63, 3.8) is 0 Å². The quantitative estimate of drug-likeness (QED) is 0.104. The van der Waals surface area contributed by atoms with Gasteiger partial charge in [0.2, 0.25) is 16.7 Å². The summed E-state index contributed by atoms with van der Waals surface area (Å²) < 4.78 is 84.8. The number of aliphatic hydroxyl groups is 4. The Balaban J connectivity index is 0. The first kappa shape index (κ1) is 37.7. The standard InChI is InChI=1S/C12H19NO16S2.3Na/c14-3-1-4(10(17)18)28-12(7(3)15)29-9-5(2-26-31(23,24)25)27-11(19)6(8(9)16)13-30(20,21)22;;;/h1,3,5-9,11-16,19H,2H2,(H,17,18)(H,20,21,22)(H,23,24,25);;;/q;3*+1/p-3/t3-,5+,6+,7+,8+,9+,11?,12-;;;/m0.../s1. The number of carbonyl (C=O) groups is 1. The van der Waals surface area contributed by atoms with Gasteiger partial charge in [0.25, 0.3) is 0 Å². The van der Waals surface area contributed by atoms with E-state index in [0.717, 1.165) is 0 Å². The summed E-state index contributed by atoms with van der Waals surface area (Å²) in [7, 11) is -10.6. The molecule has 0 bridgehead atoms. The van der Waals surface area contributed by atoms with Crippen LogP contribution in [0.15, 0.2) is 11.8 Å². The maximum atomic E-state index is 10.9. The molecule has 2 aliphatic heterocycles. The van der Waals surface area contributed by atoms with Crippen molar-refractivity contribution in [1.82, 2.24) is 4.72 Å². The fourth-order valence-corrected chi connectivity index (χ4v) is 3.60. The summed E-state index contributed by atoms with van der Waals surface area (Å²) in [6.07, 6.45) is -13.8. The maximum Gasteiger partial charge on any atom is 1.00 e. The van der Waals surface area contributed by atoms with Crippen LogP contribution in [-0.2, 0) is 43.9 Å². The largest absolute Gasteiger partial charge is 1.00 e. The van der Waals surface area contributed by atoms with Gasteiger partial charge in [0.05, 0.1) is 6.61 Å². The number of carbonyl (C=O) groups excluding carboxylic acids is 1. The minimum atomic E-state index is -5.32. The Morgan fingerprint density at radius 2 is 1.62 bits per heavy atom. The van der Waals surface area contributed by atoms with Crippen LogP contribution in [0.25, 0.3) is 0 Å². The first-order valence-corrected chi connectivity index (χ1v) is 10.8. The summed E-state index contributed by atoms with van der Waals surface area (Å²) in [5.41, 5.74) is 0. The number of hydrogen-bond acceptors (Lipinski definition) is 16. The molecule has 5 N–H and O–H groups in total. The second-order valence-corrected chi connectivity index (χ2v) is 8.43. The number of nitrogens with one attached hydrogen (secondary N) is 1. The molecule has 2 aliphatic rings. The second kappa shape index (κ2) is 15.2. The average Bonchev–Trinajstić information content (AvgIpc) is 2.61. The molecule has 1 fully saturated rings. The Hall–Kier alpha value is 1.51. The van der Waals surface area contributed by atoms with Gasteiger partial charge in [0.1, 0.15) is 48.3 Å². The zero-order valence-corrected chi connectivity index (χ0v) is 25.5. The van der Waals surface area contributed by atoms with Crippen LogP contribution in [-0.4, -0.2) is 108 Å². The third-order valence-electron chi connectivity index (χ3n) is 4.04. The molecule has 1 saturated heterocycles. The molecule has 0 aromatic carbocycles. The number of rotatable bonds is 8. The van der Waals surface area contributed by atoms with E-state index in [-0.39, 0.29) is 88.7 Å². The fraction of sp³-hybridized carbons (Fsp3) is 0.750. The van der Waals surface area contributed by atoms with Gasteiger partial charge in [-0.05, 0) is 6.08 Å². The van der Waals surface area contributed by atoms with Gasteiger partial charge in [-0.1, -0.05) is 0 Å². The number of ether oxygens (including phenoxy) is 3. The van der Waals surface area contributed by atoms with Crippen molar-refractivity contribution in [2.45, 2.75) is 49.1 Å². The Labute approximate surface area is 259 Å². The Kier molecular flexibility index (Phi) is 16.8. The first-order valence-electron chi connectivity index (χ1n) is 8.05. The molecular weight excluding hydrogens is 547 g/mol. The Morgan fingerprint density at radius 1 is 1.06 bits per heavy atom. The monoisotopic (exact) mass is 563 g/mol. The van der Waals surface area contributed by atoms with Gasteiger partial charge in [0, 0.05) is 0 Å². The van der Waals surface area contributed by atoms with Gasteiger partial charge in [-0.15, -0.1) is 0 Å². The van der Waals surface area contributed by atoms with Crippen LogP contribution in [0.3, 0.4) is 0 Å². The third-order valence-corrected chi connectivity index (χ3v) is 5.02. The van der Waals surface area contributed by atoms with Gasteiger partial charge < -0.3 is 53.6 Å². The van der Waals surface area contributed by atoms with Crippen molar-refractivity contribution in [3.8, 4) is 0 Å². The topological polar surface area (TPSA) is 284 Å². The van der Waals surface area contributed by atoms with E-state index in [1.807, 2.05) is 0 Å². The van der Waals surface area contributed by atoms with Crippen molar-refractivity contribution >= 4 is 26.7 Å². The fourth-order valence-electron chi connectivity index (χ4n) is 2.71. The van der Waals surface area contributed by atoms with Crippen molar-refractivity contribution in [2.24, 2.45) is 0 Å². The van der Waals surface area contributed by atoms with E-state index in [9.17, 15) is 56.3 Å². The van der Waals surface area contributed by atoms with E-state index < -0.39 is 88.2 Å². The van der Waals surface area contributed by atoms with E-state index in [1.165, 1.54) is 4.72 Å². The van der Waals surface area contributed by atoms with Gasteiger partial charge >= 0.3 is 88.7 Å². The predicted octanol–water partition coefficient (Wildman–Crippen LogP) is -15.9. The van der Waals surface area contributed by atoms with Crippen LogP contribution >= 0.6 is 0 Å². The Bertz CT molecular complexity index is 914. The van der Waals surface area contributed by atoms with E-state index >= 15 is 0 Å². The van der Waals surface area contributed by atoms with Crippen LogP contribution in [0.1, 0.15) is 0 Å². The zero-order chi connectivity index (χ0) is 23.7. The zero-order valence-electron chi connectivity index (χ0n) is 17.9. The van der Waals surface area contributed by atoms with E-state index in [2.05, 4.69) is 4.18 Å². The molecule has 0 aromatic heterocycles. The molecule has 0 spiro atoms. The van der Waals surface area contributed by atoms with E-state index in [4.69, 9.17) is 14.2 Å². The molecule has 0 aliphatic carbocycles. The SMILES string of the molecule is O=C([O-])C1=C[C@H](O)[C@@H](O)[C@H](O[C@H]2[C@H](O)[C@@H](NS(=O)(=O)[O-])C(O)O[C@@H]2COS(=O)(=O)[O-])O1.[Na+].[Na+].[Na+]. The van der Waals surface area contributed by atoms with E-state index in [1.54, 1.807) is 0 Å². The molecule has 0 aromatic rings. The molecule has 0 radical (unpaired) electrons. The molecule has 2 heterocycles. The predicted molar refractivity (Wildman–Crippen MR) is 84.0 cm³/mol. The molecule has 0 saturated carbocycles. The van der Waals surface area contributed by atoms with Crippen LogP contribution in [0.4, 0.5) is 0 Å². The molecule has 0 amide bonds. The van der Waals surface area contributed by atoms with Gasteiger partial charge in [-0.2, -0.15) is 0 Å². The van der Waals surface area contributed by atoms with Crippen LogP contribution < -0.4 is 98.5 Å². The summed E-state index contributed by atoms with van der Waals surface area (Å²) in [5, 5.41) is 50.8. The van der Waals surface area contributed by atoms with Crippen LogP contribution in [0.5, 0.6) is 0 Å². The van der Waals surface area contributed by atoms with Crippen molar-refractivity contribution in [1.29, 1.82) is 0 Å². The summed E-state index contributed by atoms with van der Waals surface area (Å²) in [6.45, 7) is -1.21. The van der Waals surface area contributed by atoms with Crippen molar-refractivity contribution in [2.75, 3.05) is 6.61 Å². The average molecular weight is 563 g/mol. The summed E-state index contributed by atoms with van der Waals surface area (Å²) >= 11 is 0. The molecule has 8 atom stereocenters. The normalized spacial score (nSPS) is 33.8. The molecule has 1 unspecified atom stereocenters. The minimum Gasteiger partial charge on any atom is -0.735 e. The maximum absolute atomic E-state index is 10.9. The third kappa shape index (κ3) is 11.1. The Morgan fingerprint density at radius 3 is 2.09 bits per heavy atom. The molecule has 17 nitrogen and oxygen atoms in total. The minimum absolute atomic E-state index is 0. The van der Waals surface area contributed by atoms with Crippen LogP contribution in [0, 0.1) is 0 Å². The van der Waals surface area contributed by atoms with Crippen LogP contribution in [0.2, 0.25) is 0 Å². The number of aliphatic carboxylic acids is 1. The summed E-state index contributed by atoms with van der Waals surface area (Å²) in [6, 6.07) is -2.10. The number of hydrogen-bond donors (Lipinski definition) is 5. The second-order valence-electron chi connectivity index (χ2n) is 6.23.